The van der Waals surface area contributed by atoms with Crippen molar-refractivity contribution in [2.75, 3.05) is 0 Å². The lowest BCUT2D eigenvalue weighted by atomic mass is 9.98. The highest BCUT2D eigenvalue weighted by atomic mass is 16.3. The lowest BCUT2D eigenvalue weighted by Gasteiger charge is -2.11. The van der Waals surface area contributed by atoms with Crippen LogP contribution < -0.4 is 0 Å². The van der Waals surface area contributed by atoms with E-state index >= 15 is 0 Å². The van der Waals surface area contributed by atoms with Gasteiger partial charge in [0.2, 0.25) is 5.89 Å². The Labute approximate surface area is 224 Å². The van der Waals surface area contributed by atoms with E-state index in [0.717, 1.165) is 65.9 Å². The van der Waals surface area contributed by atoms with E-state index in [0.29, 0.717) is 11.7 Å². The van der Waals surface area contributed by atoms with Crippen molar-refractivity contribution in [2.24, 2.45) is 0 Å². The Balaban J connectivity index is 1.38. The SMILES string of the molecule is c1ccc(-c2nc3ccc4ccc5ccc(-c6nc(-c7ccccc7)c7ccccc7n6)cc5c4c3o2)cc1. The van der Waals surface area contributed by atoms with E-state index in [2.05, 4.69) is 54.6 Å². The molecule has 2 heterocycles. The molecule has 4 nitrogen and oxygen atoms in total. The van der Waals surface area contributed by atoms with Gasteiger partial charge in [-0.25, -0.2) is 15.0 Å². The number of benzene rings is 6. The number of nitrogens with zero attached hydrogens (tertiary/aromatic N) is 3. The van der Waals surface area contributed by atoms with Crippen LogP contribution in [0.2, 0.25) is 0 Å². The molecule has 0 aliphatic carbocycles. The molecule has 0 radical (unpaired) electrons. The minimum absolute atomic E-state index is 0.622. The van der Waals surface area contributed by atoms with Gasteiger partial charge in [0.1, 0.15) is 5.52 Å². The predicted molar refractivity (Wildman–Crippen MR) is 158 cm³/mol. The Hall–Kier alpha value is -5.35. The Morgan fingerprint density at radius 3 is 2.00 bits per heavy atom. The summed E-state index contributed by atoms with van der Waals surface area (Å²) >= 11 is 0. The summed E-state index contributed by atoms with van der Waals surface area (Å²) in [5.41, 5.74) is 6.47. The van der Waals surface area contributed by atoms with E-state index in [9.17, 15) is 0 Å². The molecule has 2 aromatic heterocycles. The second kappa shape index (κ2) is 8.61. The van der Waals surface area contributed by atoms with Crippen LogP contribution >= 0.6 is 0 Å². The van der Waals surface area contributed by atoms with Crippen LogP contribution in [0.4, 0.5) is 0 Å². The van der Waals surface area contributed by atoms with Crippen molar-refractivity contribution >= 4 is 43.5 Å². The Bertz CT molecular complexity index is 2170. The monoisotopic (exact) mass is 499 g/mol. The van der Waals surface area contributed by atoms with Crippen LogP contribution in [0.3, 0.4) is 0 Å². The van der Waals surface area contributed by atoms with Gasteiger partial charge >= 0.3 is 0 Å². The third kappa shape index (κ3) is 3.57. The van der Waals surface area contributed by atoms with Gasteiger partial charge in [0.25, 0.3) is 0 Å². The first kappa shape index (κ1) is 21.7. The zero-order chi connectivity index (χ0) is 25.8. The molecule has 6 aromatic carbocycles. The summed E-state index contributed by atoms with van der Waals surface area (Å²) in [6.07, 6.45) is 0. The second-order valence-corrected chi connectivity index (χ2v) is 9.68. The van der Waals surface area contributed by atoms with Crippen molar-refractivity contribution in [2.45, 2.75) is 0 Å². The maximum Gasteiger partial charge on any atom is 0.227 e. The van der Waals surface area contributed by atoms with Crippen LogP contribution in [-0.2, 0) is 0 Å². The number of hydrogen-bond donors (Lipinski definition) is 0. The van der Waals surface area contributed by atoms with Crippen LogP contribution in [0.5, 0.6) is 0 Å². The maximum absolute atomic E-state index is 6.41. The summed E-state index contributed by atoms with van der Waals surface area (Å²) in [5.74, 6) is 1.32. The smallest absolute Gasteiger partial charge is 0.227 e. The Morgan fingerprint density at radius 2 is 1.15 bits per heavy atom. The quantitative estimate of drug-likeness (QED) is 0.228. The number of hydrogen-bond acceptors (Lipinski definition) is 4. The first-order valence-corrected chi connectivity index (χ1v) is 13.0. The fourth-order valence-corrected chi connectivity index (χ4v) is 5.39. The molecule has 4 heteroatoms. The fraction of sp³-hybridized carbons (Fsp3) is 0. The molecule has 0 bridgehead atoms. The first-order valence-electron chi connectivity index (χ1n) is 13.0. The first-order chi connectivity index (χ1) is 19.3. The predicted octanol–water partition coefficient (Wildman–Crippen LogP) is 9.08. The lowest BCUT2D eigenvalue weighted by Crippen LogP contribution is -1.95. The van der Waals surface area contributed by atoms with Crippen LogP contribution in [0.25, 0.3) is 77.6 Å². The van der Waals surface area contributed by atoms with Crippen molar-refractivity contribution in [1.82, 2.24) is 15.0 Å². The highest BCUT2D eigenvalue weighted by Gasteiger charge is 2.16. The van der Waals surface area contributed by atoms with E-state index in [-0.39, 0.29) is 0 Å². The van der Waals surface area contributed by atoms with Crippen molar-refractivity contribution in [3.63, 3.8) is 0 Å². The molecule has 0 unspecified atom stereocenters. The summed E-state index contributed by atoms with van der Waals surface area (Å²) in [6, 6.07) is 43.4. The number of fused-ring (bicyclic) bond motifs is 6. The van der Waals surface area contributed by atoms with Gasteiger partial charge in [0.05, 0.1) is 11.2 Å². The topological polar surface area (TPSA) is 51.8 Å². The Morgan fingerprint density at radius 1 is 0.462 bits per heavy atom. The molecule has 0 aliphatic rings. The van der Waals surface area contributed by atoms with Crippen molar-refractivity contribution in [1.29, 1.82) is 0 Å². The van der Waals surface area contributed by atoms with E-state index in [4.69, 9.17) is 19.4 Å². The lowest BCUT2D eigenvalue weighted by molar-refractivity contribution is 0.623. The molecule has 0 saturated carbocycles. The average Bonchev–Trinajstić information content (AvgIpc) is 3.46. The van der Waals surface area contributed by atoms with Crippen molar-refractivity contribution in [3.05, 3.63) is 127 Å². The van der Waals surface area contributed by atoms with Crippen LogP contribution in [0, 0.1) is 0 Å². The largest absolute Gasteiger partial charge is 0.435 e. The van der Waals surface area contributed by atoms with E-state index < -0.39 is 0 Å². The zero-order valence-corrected chi connectivity index (χ0v) is 20.9. The van der Waals surface area contributed by atoms with Gasteiger partial charge in [-0.1, -0.05) is 97.1 Å². The molecule has 182 valence electrons. The van der Waals surface area contributed by atoms with Crippen LogP contribution in [0.1, 0.15) is 0 Å². The summed E-state index contributed by atoms with van der Waals surface area (Å²) < 4.78 is 6.41. The van der Waals surface area contributed by atoms with Gasteiger partial charge in [-0.2, -0.15) is 0 Å². The third-order valence-corrected chi connectivity index (χ3v) is 7.28. The molecule has 0 aliphatic heterocycles. The summed E-state index contributed by atoms with van der Waals surface area (Å²) in [4.78, 5) is 14.9. The molecule has 39 heavy (non-hydrogen) atoms. The molecular weight excluding hydrogens is 478 g/mol. The van der Waals surface area contributed by atoms with Gasteiger partial charge < -0.3 is 4.42 Å². The second-order valence-electron chi connectivity index (χ2n) is 9.68. The van der Waals surface area contributed by atoms with Crippen LogP contribution in [-0.4, -0.2) is 15.0 Å². The molecule has 0 fully saturated rings. The van der Waals surface area contributed by atoms with Crippen molar-refractivity contribution < 1.29 is 4.42 Å². The fourth-order valence-electron chi connectivity index (χ4n) is 5.39. The van der Waals surface area contributed by atoms with Gasteiger partial charge in [0, 0.05) is 27.5 Å². The zero-order valence-electron chi connectivity index (χ0n) is 20.9. The van der Waals surface area contributed by atoms with E-state index in [1.165, 1.54) is 0 Å². The number of oxazole rings is 1. The van der Waals surface area contributed by atoms with Crippen molar-refractivity contribution in [3.8, 4) is 34.1 Å². The van der Waals surface area contributed by atoms with Gasteiger partial charge in [-0.15, -0.1) is 0 Å². The molecular formula is C35H21N3O. The van der Waals surface area contributed by atoms with Gasteiger partial charge in [-0.3, -0.25) is 0 Å². The summed E-state index contributed by atoms with van der Waals surface area (Å²) in [6.45, 7) is 0. The molecule has 0 atom stereocenters. The highest BCUT2D eigenvalue weighted by molar-refractivity contribution is 6.18. The number of rotatable bonds is 3. The third-order valence-electron chi connectivity index (χ3n) is 7.28. The minimum Gasteiger partial charge on any atom is -0.435 e. The minimum atomic E-state index is 0.622. The number of para-hydroxylation sites is 1. The highest BCUT2D eigenvalue weighted by Crippen LogP contribution is 2.37. The normalized spacial score (nSPS) is 11.6. The molecule has 8 rings (SSSR count). The molecule has 0 saturated heterocycles. The molecule has 0 N–H and O–H groups in total. The molecule has 8 aromatic rings. The van der Waals surface area contributed by atoms with E-state index in [1.807, 2.05) is 72.8 Å². The summed E-state index contributed by atoms with van der Waals surface area (Å²) in [5, 5.41) is 5.40. The van der Waals surface area contributed by atoms with Gasteiger partial charge in [-0.05, 0) is 46.5 Å². The van der Waals surface area contributed by atoms with Gasteiger partial charge in [0.15, 0.2) is 11.4 Å². The van der Waals surface area contributed by atoms with E-state index in [1.54, 1.807) is 0 Å². The number of aromatic nitrogens is 3. The standard InChI is InChI=1S/C35H21N3O/c1-3-9-24(10-4-1)32-27-13-7-8-14-29(27)36-34(38-32)26-18-16-22-15-17-23-19-20-30-33(31(23)28(22)21-26)39-35(37-30)25-11-5-2-6-12-25/h1-21H. The molecule has 0 spiro atoms. The van der Waals surface area contributed by atoms with Crippen LogP contribution in [0.15, 0.2) is 132 Å². The Kier molecular flexibility index (Phi) is 4.79. The maximum atomic E-state index is 6.41. The molecule has 0 amide bonds. The summed E-state index contributed by atoms with van der Waals surface area (Å²) in [7, 11) is 0. The average molecular weight is 500 g/mol.